The molecule has 1 amide bonds. The number of nitrogens with one attached hydrogen (secondary N) is 1. The number of carbonyl (C=O) groups excluding carboxylic acids is 1. The molecule has 0 aliphatic carbocycles. The van der Waals surface area contributed by atoms with Crippen LogP contribution in [-0.2, 0) is 0 Å². The third-order valence-corrected chi connectivity index (χ3v) is 3.33. The molecule has 1 aromatic heterocycles. The monoisotopic (exact) mass is 368 g/mol. The van der Waals surface area contributed by atoms with Gasteiger partial charge in [0, 0.05) is 20.7 Å². The molecule has 0 saturated heterocycles. The van der Waals surface area contributed by atoms with E-state index in [1.807, 2.05) is 19.1 Å². The molecular weight excluding hydrogens is 360 g/mol. The van der Waals surface area contributed by atoms with Crippen LogP contribution in [0, 0.1) is 6.92 Å². The lowest BCUT2D eigenvalue weighted by Gasteiger charge is -2.08. The lowest BCUT2D eigenvalue weighted by molar-refractivity contribution is 0.102. The van der Waals surface area contributed by atoms with Gasteiger partial charge in [0.15, 0.2) is 0 Å². The molecule has 18 heavy (non-hydrogen) atoms. The fraction of sp³-hybridized carbons (Fsp3) is 0.0769. The number of anilines is 1. The zero-order chi connectivity index (χ0) is 13.1. The first kappa shape index (κ1) is 13.2. The summed E-state index contributed by atoms with van der Waals surface area (Å²) in [4.78, 5) is 16.1. The zero-order valence-corrected chi connectivity index (χ0v) is 12.7. The van der Waals surface area contributed by atoms with Gasteiger partial charge >= 0.3 is 0 Å². The Hall–Kier alpha value is -1.20. The molecule has 0 saturated carbocycles. The van der Waals surface area contributed by atoms with Gasteiger partial charge in [-0.05, 0) is 46.6 Å². The van der Waals surface area contributed by atoms with Crippen LogP contribution in [0.4, 0.5) is 5.69 Å². The fourth-order valence-corrected chi connectivity index (χ4v) is 2.24. The number of benzene rings is 1. The summed E-state index contributed by atoms with van der Waals surface area (Å²) in [6.45, 7) is 1.90. The van der Waals surface area contributed by atoms with Gasteiger partial charge in [0.25, 0.3) is 5.91 Å². The van der Waals surface area contributed by atoms with Crippen LogP contribution in [0.1, 0.15) is 15.9 Å². The van der Waals surface area contributed by atoms with E-state index in [9.17, 15) is 4.79 Å². The number of hydrogen-bond acceptors (Lipinski definition) is 2. The Labute approximate surface area is 122 Å². The zero-order valence-electron chi connectivity index (χ0n) is 9.58. The summed E-state index contributed by atoms with van der Waals surface area (Å²) in [5.74, 6) is -0.145. The number of rotatable bonds is 2. The maximum Gasteiger partial charge on any atom is 0.256 e. The number of aryl methyl sites for hydroxylation is 1. The second kappa shape index (κ2) is 5.63. The summed E-state index contributed by atoms with van der Waals surface area (Å²) >= 11 is 6.67. The number of pyridine rings is 1. The highest BCUT2D eigenvalue weighted by atomic mass is 79.9. The minimum Gasteiger partial charge on any atom is -0.321 e. The highest BCUT2D eigenvalue weighted by Gasteiger charge is 2.10. The predicted molar refractivity (Wildman–Crippen MR) is 78.8 cm³/mol. The summed E-state index contributed by atoms with van der Waals surface area (Å²) in [6.07, 6.45) is 3.27. The molecule has 1 aromatic carbocycles. The van der Waals surface area contributed by atoms with Crippen LogP contribution in [0.5, 0.6) is 0 Å². The summed E-state index contributed by atoms with van der Waals surface area (Å²) in [7, 11) is 0. The molecule has 92 valence electrons. The predicted octanol–water partition coefficient (Wildman–Crippen LogP) is 4.17. The normalized spacial score (nSPS) is 10.2. The Morgan fingerprint density at radius 2 is 1.94 bits per heavy atom. The van der Waals surface area contributed by atoms with E-state index in [0.717, 1.165) is 14.5 Å². The molecule has 1 N–H and O–H groups in total. The van der Waals surface area contributed by atoms with E-state index in [1.54, 1.807) is 24.5 Å². The average Bonchev–Trinajstić information content (AvgIpc) is 2.32. The molecular formula is C13H10Br2N2O. The van der Waals surface area contributed by atoms with E-state index >= 15 is 0 Å². The van der Waals surface area contributed by atoms with Crippen LogP contribution in [-0.4, -0.2) is 10.9 Å². The highest BCUT2D eigenvalue weighted by Crippen LogP contribution is 2.19. The van der Waals surface area contributed by atoms with Crippen LogP contribution in [0.3, 0.4) is 0 Å². The minimum absolute atomic E-state index is 0.145. The molecule has 0 aliphatic rings. The van der Waals surface area contributed by atoms with Crippen molar-refractivity contribution in [2.24, 2.45) is 0 Å². The summed E-state index contributed by atoms with van der Waals surface area (Å²) < 4.78 is 1.71. The van der Waals surface area contributed by atoms with Gasteiger partial charge in [0.1, 0.15) is 0 Å². The SMILES string of the molecule is Cc1ccc(Br)cc1C(=O)Nc1cncc(Br)c1. The van der Waals surface area contributed by atoms with Gasteiger partial charge in [0.05, 0.1) is 11.9 Å². The van der Waals surface area contributed by atoms with Crippen LogP contribution >= 0.6 is 31.9 Å². The molecule has 1 heterocycles. The maximum absolute atomic E-state index is 12.1. The quantitative estimate of drug-likeness (QED) is 0.863. The van der Waals surface area contributed by atoms with E-state index in [1.165, 1.54) is 0 Å². The second-order valence-corrected chi connectivity index (χ2v) is 5.64. The largest absolute Gasteiger partial charge is 0.321 e. The molecule has 0 bridgehead atoms. The summed E-state index contributed by atoms with van der Waals surface area (Å²) in [6, 6.07) is 7.42. The van der Waals surface area contributed by atoms with Gasteiger partial charge in [-0.15, -0.1) is 0 Å². The number of halogens is 2. The van der Waals surface area contributed by atoms with Crippen molar-refractivity contribution in [3.8, 4) is 0 Å². The van der Waals surface area contributed by atoms with Crippen LogP contribution in [0.2, 0.25) is 0 Å². The number of nitrogens with zero attached hydrogens (tertiary/aromatic N) is 1. The molecule has 0 fully saturated rings. The third kappa shape index (κ3) is 3.17. The van der Waals surface area contributed by atoms with Crippen molar-refractivity contribution in [3.05, 3.63) is 56.7 Å². The average molecular weight is 370 g/mol. The first-order valence-electron chi connectivity index (χ1n) is 5.24. The summed E-state index contributed by atoms with van der Waals surface area (Å²) in [5.41, 5.74) is 2.23. The molecule has 0 atom stereocenters. The van der Waals surface area contributed by atoms with E-state index in [2.05, 4.69) is 42.2 Å². The first-order valence-corrected chi connectivity index (χ1v) is 6.83. The van der Waals surface area contributed by atoms with Crippen molar-refractivity contribution in [2.75, 3.05) is 5.32 Å². The second-order valence-electron chi connectivity index (χ2n) is 3.81. The smallest absolute Gasteiger partial charge is 0.256 e. The number of aromatic nitrogens is 1. The van der Waals surface area contributed by atoms with Gasteiger partial charge in [-0.1, -0.05) is 22.0 Å². The molecule has 0 spiro atoms. The molecule has 0 aliphatic heterocycles. The molecule has 0 unspecified atom stereocenters. The maximum atomic E-state index is 12.1. The van der Waals surface area contributed by atoms with E-state index < -0.39 is 0 Å². The van der Waals surface area contributed by atoms with Gasteiger partial charge in [0.2, 0.25) is 0 Å². The summed E-state index contributed by atoms with van der Waals surface area (Å²) in [5, 5.41) is 2.81. The molecule has 3 nitrogen and oxygen atoms in total. The fourth-order valence-electron chi connectivity index (χ4n) is 1.52. The lowest BCUT2D eigenvalue weighted by atomic mass is 10.1. The van der Waals surface area contributed by atoms with Crippen LogP contribution < -0.4 is 5.32 Å². The molecule has 0 radical (unpaired) electrons. The van der Waals surface area contributed by atoms with Crippen molar-refractivity contribution >= 4 is 43.5 Å². The van der Waals surface area contributed by atoms with Crippen molar-refractivity contribution < 1.29 is 4.79 Å². The highest BCUT2D eigenvalue weighted by molar-refractivity contribution is 9.10. The Bertz CT molecular complexity index is 599. The molecule has 2 aromatic rings. The molecule has 2 rings (SSSR count). The van der Waals surface area contributed by atoms with Crippen molar-refractivity contribution in [2.45, 2.75) is 6.92 Å². The molecule has 5 heteroatoms. The van der Waals surface area contributed by atoms with Crippen LogP contribution in [0.15, 0.2) is 45.6 Å². The van der Waals surface area contributed by atoms with E-state index in [4.69, 9.17) is 0 Å². The first-order chi connectivity index (χ1) is 8.56. The van der Waals surface area contributed by atoms with Gasteiger partial charge in [-0.25, -0.2) is 0 Å². The third-order valence-electron chi connectivity index (χ3n) is 2.41. The van der Waals surface area contributed by atoms with Gasteiger partial charge < -0.3 is 5.32 Å². The van der Waals surface area contributed by atoms with Crippen molar-refractivity contribution in [1.82, 2.24) is 4.98 Å². The van der Waals surface area contributed by atoms with E-state index in [0.29, 0.717) is 11.3 Å². The Morgan fingerprint density at radius 3 is 2.67 bits per heavy atom. The Kier molecular flexibility index (Phi) is 4.14. The number of carbonyl (C=O) groups is 1. The van der Waals surface area contributed by atoms with Crippen molar-refractivity contribution in [1.29, 1.82) is 0 Å². The standard InChI is InChI=1S/C13H10Br2N2O/c1-8-2-3-9(14)5-12(8)13(18)17-11-4-10(15)6-16-7-11/h2-7H,1H3,(H,17,18). The lowest BCUT2D eigenvalue weighted by Crippen LogP contribution is -2.13. The topological polar surface area (TPSA) is 42.0 Å². The van der Waals surface area contributed by atoms with Crippen LogP contribution in [0.25, 0.3) is 0 Å². The number of amides is 1. The van der Waals surface area contributed by atoms with Crippen molar-refractivity contribution in [3.63, 3.8) is 0 Å². The van der Waals surface area contributed by atoms with Gasteiger partial charge in [-0.2, -0.15) is 0 Å². The minimum atomic E-state index is -0.145. The Morgan fingerprint density at radius 1 is 1.17 bits per heavy atom. The number of hydrogen-bond donors (Lipinski definition) is 1. The van der Waals surface area contributed by atoms with Gasteiger partial charge in [-0.3, -0.25) is 9.78 Å². The van der Waals surface area contributed by atoms with E-state index in [-0.39, 0.29) is 5.91 Å². The Balaban J connectivity index is 2.24.